The number of carbonyl (C=O) groups excluding carboxylic acids is 3. The molecule has 0 heterocycles. The summed E-state index contributed by atoms with van der Waals surface area (Å²) in [4.78, 5) is 45.1. The Morgan fingerprint density at radius 1 is 1.15 bits per heavy atom. The number of rotatable bonds is 7. The molecule has 0 aromatic rings. The van der Waals surface area contributed by atoms with E-state index in [1.54, 1.807) is 0 Å². The summed E-state index contributed by atoms with van der Waals surface area (Å²) in [6.45, 7) is 2.76. The fraction of sp³-hybridized carbons (Fsp3) is 0.636. The van der Waals surface area contributed by atoms with Gasteiger partial charge in [-0.25, -0.2) is 4.79 Å². The number of carbonyl (C=O) groups is 4. The number of nitrogens with two attached hydrogens (primary N) is 1. The highest BCUT2D eigenvalue weighted by molar-refractivity contribution is 5.93. The molecule has 0 aliphatic carbocycles. The van der Waals surface area contributed by atoms with E-state index in [0.717, 1.165) is 7.11 Å². The van der Waals surface area contributed by atoms with Crippen molar-refractivity contribution in [1.29, 1.82) is 0 Å². The number of hydrogen-bond donors (Lipinski definition) is 4. The van der Waals surface area contributed by atoms with Gasteiger partial charge in [-0.2, -0.15) is 0 Å². The van der Waals surface area contributed by atoms with Crippen molar-refractivity contribution in [2.45, 2.75) is 38.4 Å². The highest BCUT2D eigenvalue weighted by Crippen LogP contribution is 1.96. The van der Waals surface area contributed by atoms with Crippen LogP contribution in [0.2, 0.25) is 0 Å². The van der Waals surface area contributed by atoms with Gasteiger partial charge in [0.05, 0.1) is 19.6 Å². The smallest absolute Gasteiger partial charge is 0.328 e. The quantitative estimate of drug-likeness (QED) is 0.395. The normalized spacial score (nSPS) is 14.6. The van der Waals surface area contributed by atoms with Crippen LogP contribution in [0.4, 0.5) is 0 Å². The van der Waals surface area contributed by atoms with Crippen molar-refractivity contribution in [2.75, 3.05) is 7.11 Å². The first kappa shape index (κ1) is 17.8. The van der Waals surface area contributed by atoms with Gasteiger partial charge >= 0.3 is 11.9 Å². The Balaban J connectivity index is 4.76. The average Bonchev–Trinajstić information content (AvgIpc) is 2.35. The second-order valence-electron chi connectivity index (χ2n) is 4.20. The molecule has 0 saturated heterocycles. The lowest BCUT2D eigenvalue weighted by Crippen LogP contribution is -2.54. The summed E-state index contributed by atoms with van der Waals surface area (Å²) in [7, 11) is 1.15. The van der Waals surface area contributed by atoms with E-state index in [-0.39, 0.29) is 0 Å². The Bertz CT molecular complexity index is 396. The molecule has 0 saturated carbocycles. The van der Waals surface area contributed by atoms with E-state index < -0.39 is 48.3 Å². The van der Waals surface area contributed by atoms with Crippen LogP contribution in [-0.4, -0.2) is 54.1 Å². The molecule has 0 aromatic carbocycles. The molecule has 5 N–H and O–H groups in total. The Hall–Kier alpha value is -2.16. The standard InChI is InChI=1S/C11H19N3O6/c1-5(12)9(17)14-7(4-8(15)16)10(18)13-6(2)11(19)20-3/h5-7H,4,12H2,1-3H3,(H,13,18)(H,14,17)(H,15,16)/t5-,6-,7+/m1/s1. The number of ether oxygens (including phenoxy) is 1. The SMILES string of the molecule is COC(=O)[C@@H](C)NC(=O)[C@H](CC(=O)O)NC(=O)[C@@H](C)N. The molecule has 0 fully saturated rings. The van der Waals surface area contributed by atoms with E-state index in [2.05, 4.69) is 15.4 Å². The van der Waals surface area contributed by atoms with Crippen molar-refractivity contribution in [3.05, 3.63) is 0 Å². The summed E-state index contributed by atoms with van der Waals surface area (Å²) >= 11 is 0. The topological polar surface area (TPSA) is 148 Å². The van der Waals surface area contributed by atoms with Crippen LogP contribution in [0.1, 0.15) is 20.3 Å². The predicted octanol–water partition coefficient (Wildman–Crippen LogP) is -2.03. The molecule has 0 aliphatic rings. The van der Waals surface area contributed by atoms with Crippen LogP contribution in [0.25, 0.3) is 0 Å². The monoisotopic (exact) mass is 289 g/mol. The molecule has 0 aliphatic heterocycles. The lowest BCUT2D eigenvalue weighted by molar-refractivity contribution is -0.145. The van der Waals surface area contributed by atoms with Gasteiger partial charge in [0.15, 0.2) is 0 Å². The second-order valence-corrected chi connectivity index (χ2v) is 4.20. The van der Waals surface area contributed by atoms with Gasteiger partial charge in [-0.3, -0.25) is 14.4 Å². The molecule has 0 rings (SSSR count). The summed E-state index contributed by atoms with van der Waals surface area (Å²) in [6, 6.07) is -3.17. The molecule has 3 atom stereocenters. The third-order valence-corrected chi connectivity index (χ3v) is 2.34. The maximum Gasteiger partial charge on any atom is 0.328 e. The van der Waals surface area contributed by atoms with Crippen LogP contribution in [0.3, 0.4) is 0 Å². The van der Waals surface area contributed by atoms with Crippen LogP contribution in [-0.2, 0) is 23.9 Å². The largest absolute Gasteiger partial charge is 0.481 e. The minimum absolute atomic E-state index is 0.627. The molecule has 9 nitrogen and oxygen atoms in total. The zero-order chi connectivity index (χ0) is 15.9. The fourth-order valence-electron chi connectivity index (χ4n) is 1.24. The molecule has 0 spiro atoms. The zero-order valence-electron chi connectivity index (χ0n) is 11.5. The van der Waals surface area contributed by atoms with Gasteiger partial charge in [-0.1, -0.05) is 0 Å². The van der Waals surface area contributed by atoms with Crippen LogP contribution in [0, 0.1) is 0 Å². The van der Waals surface area contributed by atoms with Gasteiger partial charge < -0.3 is 26.2 Å². The van der Waals surface area contributed by atoms with E-state index in [1.807, 2.05) is 0 Å². The first-order chi connectivity index (χ1) is 9.18. The molecular formula is C11H19N3O6. The first-order valence-corrected chi connectivity index (χ1v) is 5.85. The first-order valence-electron chi connectivity index (χ1n) is 5.85. The molecule has 0 unspecified atom stereocenters. The van der Waals surface area contributed by atoms with E-state index >= 15 is 0 Å². The lowest BCUT2D eigenvalue weighted by atomic mass is 10.1. The van der Waals surface area contributed by atoms with Crippen molar-refractivity contribution in [2.24, 2.45) is 5.73 Å². The number of esters is 1. The fourth-order valence-corrected chi connectivity index (χ4v) is 1.24. The summed E-state index contributed by atoms with van der Waals surface area (Å²) in [5.41, 5.74) is 5.32. The highest BCUT2D eigenvalue weighted by Gasteiger charge is 2.27. The van der Waals surface area contributed by atoms with Gasteiger partial charge in [-0.15, -0.1) is 0 Å². The number of amides is 2. The molecule has 0 aromatic heterocycles. The lowest BCUT2D eigenvalue weighted by Gasteiger charge is -2.20. The zero-order valence-corrected chi connectivity index (χ0v) is 11.5. The van der Waals surface area contributed by atoms with Crippen molar-refractivity contribution >= 4 is 23.8 Å². The van der Waals surface area contributed by atoms with Crippen LogP contribution < -0.4 is 16.4 Å². The second kappa shape index (κ2) is 8.10. The molecule has 20 heavy (non-hydrogen) atoms. The van der Waals surface area contributed by atoms with E-state index in [1.165, 1.54) is 13.8 Å². The van der Waals surface area contributed by atoms with Gasteiger partial charge in [-0.05, 0) is 13.8 Å². The average molecular weight is 289 g/mol. The van der Waals surface area contributed by atoms with E-state index in [9.17, 15) is 19.2 Å². The van der Waals surface area contributed by atoms with Gasteiger partial charge in [0.2, 0.25) is 11.8 Å². The summed E-state index contributed by atoms with van der Waals surface area (Å²) < 4.78 is 4.42. The summed E-state index contributed by atoms with van der Waals surface area (Å²) in [6.07, 6.45) is -0.627. The highest BCUT2D eigenvalue weighted by atomic mass is 16.5. The van der Waals surface area contributed by atoms with Gasteiger partial charge in [0.1, 0.15) is 12.1 Å². The van der Waals surface area contributed by atoms with E-state index in [0.29, 0.717) is 0 Å². The van der Waals surface area contributed by atoms with Crippen molar-refractivity contribution < 1.29 is 29.0 Å². The minimum atomic E-state index is -1.32. The minimum Gasteiger partial charge on any atom is -0.481 e. The molecule has 114 valence electrons. The molecular weight excluding hydrogens is 270 g/mol. The molecule has 0 radical (unpaired) electrons. The van der Waals surface area contributed by atoms with Crippen molar-refractivity contribution in [3.63, 3.8) is 0 Å². The molecule has 9 heteroatoms. The number of carboxylic acid groups (broad SMARTS) is 1. The third-order valence-electron chi connectivity index (χ3n) is 2.34. The number of aliphatic carboxylic acids is 1. The number of nitrogens with one attached hydrogen (secondary N) is 2. The van der Waals surface area contributed by atoms with Crippen molar-refractivity contribution in [1.82, 2.24) is 10.6 Å². The van der Waals surface area contributed by atoms with Gasteiger partial charge in [0, 0.05) is 0 Å². The Labute approximate surface area is 115 Å². The maximum atomic E-state index is 11.8. The molecule has 2 amide bonds. The van der Waals surface area contributed by atoms with E-state index in [4.69, 9.17) is 10.8 Å². The van der Waals surface area contributed by atoms with Crippen LogP contribution in [0.5, 0.6) is 0 Å². The summed E-state index contributed by atoms with van der Waals surface area (Å²) in [5.74, 6) is -3.44. The van der Waals surface area contributed by atoms with Crippen molar-refractivity contribution in [3.8, 4) is 0 Å². The van der Waals surface area contributed by atoms with Crippen LogP contribution >= 0.6 is 0 Å². The van der Waals surface area contributed by atoms with Gasteiger partial charge in [0.25, 0.3) is 0 Å². The number of hydrogen-bond acceptors (Lipinski definition) is 6. The molecule has 0 bridgehead atoms. The number of carboxylic acids is 1. The Kier molecular flexibility index (Phi) is 7.22. The predicted molar refractivity (Wildman–Crippen MR) is 67.5 cm³/mol. The maximum absolute atomic E-state index is 11.8. The van der Waals surface area contributed by atoms with Crippen LogP contribution in [0.15, 0.2) is 0 Å². The third kappa shape index (κ3) is 6.14. The number of methoxy groups -OCH3 is 1. The summed E-state index contributed by atoms with van der Waals surface area (Å²) in [5, 5.41) is 13.2. The Morgan fingerprint density at radius 2 is 1.70 bits per heavy atom. The Morgan fingerprint density at radius 3 is 2.10 bits per heavy atom.